The Labute approximate surface area is 127 Å². The molecule has 1 saturated heterocycles. The number of hydrogen-bond acceptors (Lipinski definition) is 4. The molecule has 6 heteroatoms. The van der Waals surface area contributed by atoms with E-state index in [0.717, 1.165) is 24.2 Å². The van der Waals surface area contributed by atoms with Gasteiger partial charge in [-0.3, -0.25) is 0 Å². The van der Waals surface area contributed by atoms with Crippen LogP contribution in [0.2, 0.25) is 0 Å². The molecule has 2 rings (SSSR count). The first-order chi connectivity index (χ1) is 9.88. The SMILES string of the molecule is C[C@H](N)c1ccccc1OCC1CCCN(S(C)(=O)=O)C1. The molecule has 1 unspecified atom stereocenters. The van der Waals surface area contributed by atoms with Gasteiger partial charge >= 0.3 is 0 Å². The van der Waals surface area contributed by atoms with Crippen LogP contribution in [0.15, 0.2) is 24.3 Å². The maximum Gasteiger partial charge on any atom is 0.211 e. The lowest BCUT2D eigenvalue weighted by molar-refractivity contribution is 0.179. The highest BCUT2D eigenvalue weighted by Crippen LogP contribution is 2.25. The third-order valence-corrected chi connectivity index (χ3v) is 5.10. The molecule has 1 aliphatic heterocycles. The molecule has 0 saturated carbocycles. The zero-order chi connectivity index (χ0) is 15.5. The van der Waals surface area contributed by atoms with E-state index in [1.54, 1.807) is 4.31 Å². The van der Waals surface area contributed by atoms with Gasteiger partial charge in [0.2, 0.25) is 10.0 Å². The number of ether oxygens (including phenoxy) is 1. The van der Waals surface area contributed by atoms with E-state index in [0.29, 0.717) is 19.7 Å². The van der Waals surface area contributed by atoms with Gasteiger partial charge in [-0.2, -0.15) is 0 Å². The highest BCUT2D eigenvalue weighted by molar-refractivity contribution is 7.88. The van der Waals surface area contributed by atoms with Gasteiger partial charge in [0.15, 0.2) is 0 Å². The number of benzene rings is 1. The second-order valence-corrected chi connectivity index (χ2v) is 7.75. The van der Waals surface area contributed by atoms with Crippen LogP contribution in [-0.4, -0.2) is 38.7 Å². The normalized spacial score (nSPS) is 22.0. The summed E-state index contributed by atoms with van der Waals surface area (Å²) < 4.78 is 30.7. The van der Waals surface area contributed by atoms with Gasteiger partial charge in [0.1, 0.15) is 5.75 Å². The highest BCUT2D eigenvalue weighted by atomic mass is 32.2. The predicted molar refractivity (Wildman–Crippen MR) is 83.7 cm³/mol. The van der Waals surface area contributed by atoms with Gasteiger partial charge in [0, 0.05) is 30.6 Å². The van der Waals surface area contributed by atoms with Crippen LogP contribution >= 0.6 is 0 Å². The van der Waals surface area contributed by atoms with E-state index in [1.165, 1.54) is 6.26 Å². The van der Waals surface area contributed by atoms with E-state index in [1.807, 2.05) is 31.2 Å². The molecular weight excluding hydrogens is 288 g/mol. The van der Waals surface area contributed by atoms with E-state index in [4.69, 9.17) is 10.5 Å². The summed E-state index contributed by atoms with van der Waals surface area (Å²) in [4.78, 5) is 0. The summed E-state index contributed by atoms with van der Waals surface area (Å²) >= 11 is 0. The number of hydrogen-bond donors (Lipinski definition) is 1. The number of sulfonamides is 1. The van der Waals surface area contributed by atoms with E-state index in [-0.39, 0.29) is 12.0 Å². The molecule has 118 valence electrons. The number of nitrogens with two attached hydrogens (primary N) is 1. The van der Waals surface area contributed by atoms with Crippen molar-refractivity contribution in [3.8, 4) is 5.75 Å². The van der Waals surface area contributed by atoms with Crippen molar-refractivity contribution in [1.82, 2.24) is 4.31 Å². The number of para-hydroxylation sites is 1. The zero-order valence-electron chi connectivity index (χ0n) is 12.7. The lowest BCUT2D eigenvalue weighted by atomic mass is 10.0. The summed E-state index contributed by atoms with van der Waals surface area (Å²) in [5, 5.41) is 0. The van der Waals surface area contributed by atoms with Crippen molar-refractivity contribution >= 4 is 10.0 Å². The van der Waals surface area contributed by atoms with Crippen molar-refractivity contribution in [3.63, 3.8) is 0 Å². The number of piperidine rings is 1. The summed E-state index contributed by atoms with van der Waals surface area (Å²) in [6.45, 7) is 3.61. The van der Waals surface area contributed by atoms with Crippen molar-refractivity contribution in [2.45, 2.75) is 25.8 Å². The first-order valence-corrected chi connectivity index (χ1v) is 9.15. The average molecular weight is 312 g/mol. The minimum Gasteiger partial charge on any atom is -0.493 e. The van der Waals surface area contributed by atoms with Crippen LogP contribution in [0, 0.1) is 5.92 Å². The molecule has 1 heterocycles. The van der Waals surface area contributed by atoms with E-state index >= 15 is 0 Å². The Morgan fingerprint density at radius 2 is 2.14 bits per heavy atom. The van der Waals surface area contributed by atoms with Crippen LogP contribution in [0.3, 0.4) is 0 Å². The van der Waals surface area contributed by atoms with Crippen molar-refractivity contribution in [3.05, 3.63) is 29.8 Å². The number of nitrogens with zero attached hydrogens (tertiary/aromatic N) is 1. The topological polar surface area (TPSA) is 72.6 Å². The molecule has 0 aromatic heterocycles. The third kappa shape index (κ3) is 4.43. The minimum absolute atomic E-state index is 0.0833. The fraction of sp³-hybridized carbons (Fsp3) is 0.600. The van der Waals surface area contributed by atoms with Gasteiger partial charge in [-0.15, -0.1) is 0 Å². The van der Waals surface area contributed by atoms with E-state index < -0.39 is 10.0 Å². The Morgan fingerprint density at radius 1 is 1.43 bits per heavy atom. The lowest BCUT2D eigenvalue weighted by Gasteiger charge is -2.31. The highest BCUT2D eigenvalue weighted by Gasteiger charge is 2.26. The molecule has 1 aliphatic rings. The van der Waals surface area contributed by atoms with Gasteiger partial charge in [0.05, 0.1) is 12.9 Å². The summed E-state index contributed by atoms with van der Waals surface area (Å²) in [6, 6.07) is 7.65. The average Bonchev–Trinajstić information content (AvgIpc) is 2.45. The van der Waals surface area contributed by atoms with Crippen LogP contribution < -0.4 is 10.5 Å². The summed E-state index contributed by atoms with van der Waals surface area (Å²) in [5.41, 5.74) is 6.91. The molecule has 5 nitrogen and oxygen atoms in total. The Bertz CT molecular complexity index is 572. The Hall–Kier alpha value is -1.11. The smallest absolute Gasteiger partial charge is 0.211 e. The monoisotopic (exact) mass is 312 g/mol. The van der Waals surface area contributed by atoms with E-state index in [2.05, 4.69) is 0 Å². The lowest BCUT2D eigenvalue weighted by Crippen LogP contribution is -2.41. The van der Waals surface area contributed by atoms with Crippen LogP contribution in [0.1, 0.15) is 31.4 Å². The molecule has 1 aromatic rings. The Balaban J connectivity index is 1.97. The first-order valence-electron chi connectivity index (χ1n) is 7.30. The van der Waals surface area contributed by atoms with Crippen molar-refractivity contribution in [1.29, 1.82) is 0 Å². The standard InChI is InChI=1S/C15H24N2O3S/c1-12(16)14-7-3-4-8-15(14)20-11-13-6-5-9-17(10-13)21(2,18)19/h3-4,7-8,12-13H,5-6,9-11,16H2,1-2H3/t12-,13?/m0/s1. The maximum absolute atomic E-state index is 11.6. The molecule has 21 heavy (non-hydrogen) atoms. The predicted octanol–water partition coefficient (Wildman–Crippen LogP) is 1.76. The quantitative estimate of drug-likeness (QED) is 0.899. The van der Waals surface area contributed by atoms with Crippen LogP contribution in [0.5, 0.6) is 5.75 Å². The molecule has 2 N–H and O–H groups in total. The summed E-state index contributed by atoms with van der Waals surface area (Å²) in [7, 11) is -3.11. The van der Waals surface area contributed by atoms with Crippen molar-refractivity contribution < 1.29 is 13.2 Å². The Kier molecular flexibility index (Phi) is 5.24. The van der Waals surface area contributed by atoms with Gasteiger partial charge in [0.25, 0.3) is 0 Å². The summed E-state index contributed by atoms with van der Waals surface area (Å²) in [5.74, 6) is 1.03. The fourth-order valence-electron chi connectivity index (χ4n) is 2.66. The van der Waals surface area contributed by atoms with Crippen LogP contribution in [-0.2, 0) is 10.0 Å². The second kappa shape index (κ2) is 6.77. The molecule has 0 amide bonds. The van der Waals surface area contributed by atoms with E-state index in [9.17, 15) is 8.42 Å². The maximum atomic E-state index is 11.6. The molecule has 0 bridgehead atoms. The van der Waals surface area contributed by atoms with Crippen LogP contribution in [0.25, 0.3) is 0 Å². The zero-order valence-corrected chi connectivity index (χ0v) is 13.5. The van der Waals surface area contributed by atoms with Gasteiger partial charge in [-0.05, 0) is 25.8 Å². The molecular formula is C15H24N2O3S. The first kappa shape index (κ1) is 16.3. The van der Waals surface area contributed by atoms with Gasteiger partial charge in [-0.25, -0.2) is 12.7 Å². The van der Waals surface area contributed by atoms with Crippen LogP contribution in [0.4, 0.5) is 0 Å². The molecule has 0 spiro atoms. The molecule has 1 aromatic carbocycles. The molecule has 0 aliphatic carbocycles. The summed E-state index contributed by atoms with van der Waals surface area (Å²) in [6.07, 6.45) is 3.14. The number of rotatable bonds is 5. The third-order valence-electron chi connectivity index (χ3n) is 3.83. The fourth-order valence-corrected chi connectivity index (χ4v) is 3.60. The molecule has 2 atom stereocenters. The second-order valence-electron chi connectivity index (χ2n) is 5.77. The minimum atomic E-state index is -3.11. The van der Waals surface area contributed by atoms with Crippen molar-refractivity contribution in [2.75, 3.05) is 26.0 Å². The van der Waals surface area contributed by atoms with Gasteiger partial charge < -0.3 is 10.5 Å². The van der Waals surface area contributed by atoms with Gasteiger partial charge in [-0.1, -0.05) is 18.2 Å². The van der Waals surface area contributed by atoms with Crippen molar-refractivity contribution in [2.24, 2.45) is 11.7 Å². The molecule has 0 radical (unpaired) electrons. The largest absolute Gasteiger partial charge is 0.493 e. The molecule has 1 fully saturated rings. The Morgan fingerprint density at radius 3 is 2.81 bits per heavy atom.